The molecule has 0 bridgehead atoms. The predicted molar refractivity (Wildman–Crippen MR) is 110 cm³/mol. The number of nitrogens with zero attached hydrogens (tertiary/aromatic N) is 3. The lowest BCUT2D eigenvalue weighted by atomic mass is 10.2. The van der Waals surface area contributed by atoms with Crippen LogP contribution in [-0.2, 0) is 14.3 Å². The Morgan fingerprint density at radius 1 is 1.41 bits per heavy atom. The topological polar surface area (TPSA) is 120 Å². The van der Waals surface area contributed by atoms with Crippen molar-refractivity contribution in [1.82, 2.24) is 15.3 Å². The molecule has 1 unspecified atom stereocenters. The van der Waals surface area contributed by atoms with E-state index in [1.54, 1.807) is 40.8 Å². The fourth-order valence-corrected chi connectivity index (χ4v) is 2.83. The number of hydrogen-bond acceptors (Lipinski definition) is 7. The van der Waals surface area contributed by atoms with E-state index < -0.39 is 11.7 Å². The quantitative estimate of drug-likeness (QED) is 0.696. The number of rotatable bonds is 6. The Hall–Kier alpha value is -2.68. The molecule has 9 heteroatoms. The number of aryl methyl sites for hydroxylation is 1. The molecule has 1 aromatic rings. The number of nitrogens with one attached hydrogen (secondary N) is 1. The third kappa shape index (κ3) is 6.70. The second kappa shape index (κ2) is 9.69. The van der Waals surface area contributed by atoms with Gasteiger partial charge in [0.05, 0.1) is 11.7 Å². The first-order valence-corrected chi connectivity index (χ1v) is 9.75. The van der Waals surface area contributed by atoms with Gasteiger partial charge in [-0.1, -0.05) is 0 Å². The molecule has 0 aromatic carbocycles. The fourth-order valence-electron chi connectivity index (χ4n) is 2.83. The van der Waals surface area contributed by atoms with Crippen molar-refractivity contribution in [3.8, 4) is 0 Å². The zero-order chi connectivity index (χ0) is 21.6. The summed E-state index contributed by atoms with van der Waals surface area (Å²) < 4.78 is 10.9. The van der Waals surface area contributed by atoms with Crippen molar-refractivity contribution in [2.24, 2.45) is 5.73 Å². The maximum atomic E-state index is 12.6. The third-order valence-corrected chi connectivity index (χ3v) is 4.28. The number of anilines is 1. The van der Waals surface area contributed by atoms with Crippen molar-refractivity contribution in [2.75, 3.05) is 25.1 Å². The van der Waals surface area contributed by atoms with Crippen LogP contribution in [0.15, 0.2) is 12.3 Å². The smallest absolute Gasteiger partial charge is 0.415 e. The maximum Gasteiger partial charge on any atom is 0.415 e. The van der Waals surface area contributed by atoms with Gasteiger partial charge in [-0.15, -0.1) is 0 Å². The van der Waals surface area contributed by atoms with Gasteiger partial charge < -0.3 is 20.5 Å². The van der Waals surface area contributed by atoms with Crippen LogP contribution in [-0.4, -0.2) is 53.9 Å². The number of carbonyl (C=O) groups excluding carboxylic acids is 2. The van der Waals surface area contributed by atoms with E-state index in [1.165, 1.54) is 11.1 Å². The van der Waals surface area contributed by atoms with Crippen molar-refractivity contribution in [3.63, 3.8) is 0 Å². The van der Waals surface area contributed by atoms with E-state index in [9.17, 15) is 9.59 Å². The average Bonchev–Trinajstić information content (AvgIpc) is 3.13. The van der Waals surface area contributed by atoms with Gasteiger partial charge in [0, 0.05) is 38.2 Å². The number of hydrogen-bond donors (Lipinski definition) is 2. The molecule has 1 atom stereocenters. The first-order valence-electron chi connectivity index (χ1n) is 9.75. The molecule has 160 valence electrons. The minimum atomic E-state index is -0.637. The van der Waals surface area contributed by atoms with Gasteiger partial charge in [0.15, 0.2) is 5.82 Å². The monoisotopic (exact) mass is 405 g/mol. The number of nitrogens with two attached hydrogens (primary N) is 1. The number of amides is 2. The summed E-state index contributed by atoms with van der Waals surface area (Å²) in [5.74, 6) is 0.0859. The fraction of sp³-hybridized carbons (Fsp3) is 0.600. The number of aromatic nitrogens is 2. The average molecular weight is 405 g/mol. The summed E-state index contributed by atoms with van der Waals surface area (Å²) in [6.45, 7) is 8.35. The summed E-state index contributed by atoms with van der Waals surface area (Å²) >= 11 is 0. The van der Waals surface area contributed by atoms with E-state index in [1.807, 2.05) is 0 Å². The van der Waals surface area contributed by atoms with Crippen LogP contribution in [0.2, 0.25) is 0 Å². The largest absolute Gasteiger partial charge is 0.443 e. The molecule has 1 fully saturated rings. The van der Waals surface area contributed by atoms with E-state index in [4.69, 9.17) is 15.2 Å². The summed E-state index contributed by atoms with van der Waals surface area (Å²) in [5, 5.41) is 2.83. The van der Waals surface area contributed by atoms with Crippen LogP contribution in [0.25, 0.3) is 5.57 Å². The highest BCUT2D eigenvalue weighted by molar-refractivity contribution is 6.18. The Bertz CT molecular complexity index is 767. The minimum Gasteiger partial charge on any atom is -0.443 e. The Morgan fingerprint density at radius 3 is 2.72 bits per heavy atom. The number of ether oxygens (including phenoxy) is 2. The van der Waals surface area contributed by atoms with Gasteiger partial charge in [0.25, 0.3) is 5.91 Å². The summed E-state index contributed by atoms with van der Waals surface area (Å²) in [6, 6.07) is 1.64. The normalized spacial score (nSPS) is 17.1. The van der Waals surface area contributed by atoms with Crippen LogP contribution >= 0.6 is 0 Å². The molecule has 2 heterocycles. The number of carbonyl (C=O) groups is 2. The van der Waals surface area contributed by atoms with Crippen molar-refractivity contribution < 1.29 is 19.1 Å². The van der Waals surface area contributed by atoms with Crippen LogP contribution in [0.1, 0.15) is 51.6 Å². The Morgan fingerprint density at radius 2 is 2.14 bits per heavy atom. The van der Waals surface area contributed by atoms with Crippen LogP contribution < -0.4 is 16.0 Å². The zero-order valence-corrected chi connectivity index (χ0v) is 17.8. The molecule has 2 rings (SSSR count). The SMILES string of the molecule is Cc1cc(N(C)C(=O)OC(C)(C)C)nc(C(=CN)C(=O)NCCC2CCCO2)n1. The van der Waals surface area contributed by atoms with Crippen molar-refractivity contribution in [3.05, 3.63) is 23.8 Å². The van der Waals surface area contributed by atoms with Crippen molar-refractivity contribution in [2.45, 2.75) is 58.7 Å². The molecule has 1 saturated heterocycles. The third-order valence-electron chi connectivity index (χ3n) is 4.28. The molecule has 0 saturated carbocycles. The van der Waals surface area contributed by atoms with E-state index in [-0.39, 0.29) is 23.4 Å². The Kier molecular flexibility index (Phi) is 7.55. The van der Waals surface area contributed by atoms with E-state index in [0.29, 0.717) is 18.1 Å². The zero-order valence-electron chi connectivity index (χ0n) is 17.8. The van der Waals surface area contributed by atoms with Gasteiger partial charge >= 0.3 is 6.09 Å². The van der Waals surface area contributed by atoms with Gasteiger partial charge in [0.1, 0.15) is 11.4 Å². The molecule has 3 N–H and O–H groups in total. The Labute approximate surface area is 171 Å². The van der Waals surface area contributed by atoms with E-state index >= 15 is 0 Å². The predicted octanol–water partition coefficient (Wildman–Crippen LogP) is 2.14. The Balaban J connectivity index is 2.10. The maximum absolute atomic E-state index is 12.6. The van der Waals surface area contributed by atoms with Crippen LogP contribution in [0.3, 0.4) is 0 Å². The lowest BCUT2D eigenvalue weighted by Gasteiger charge is -2.24. The van der Waals surface area contributed by atoms with E-state index in [0.717, 1.165) is 25.9 Å². The van der Waals surface area contributed by atoms with Crippen LogP contribution in [0.4, 0.5) is 10.6 Å². The van der Waals surface area contributed by atoms with Gasteiger partial charge in [-0.05, 0) is 47.0 Å². The van der Waals surface area contributed by atoms with E-state index in [2.05, 4.69) is 15.3 Å². The van der Waals surface area contributed by atoms with Crippen LogP contribution in [0.5, 0.6) is 0 Å². The van der Waals surface area contributed by atoms with Gasteiger partial charge in [-0.2, -0.15) is 0 Å². The summed E-state index contributed by atoms with van der Waals surface area (Å²) in [7, 11) is 1.55. The second-order valence-corrected chi connectivity index (χ2v) is 7.99. The van der Waals surface area contributed by atoms with Crippen molar-refractivity contribution >= 4 is 23.4 Å². The summed E-state index contributed by atoms with van der Waals surface area (Å²) in [5.41, 5.74) is 5.78. The highest BCUT2D eigenvalue weighted by Gasteiger charge is 2.23. The highest BCUT2D eigenvalue weighted by Crippen LogP contribution is 2.19. The second-order valence-electron chi connectivity index (χ2n) is 7.99. The first-order chi connectivity index (χ1) is 13.6. The van der Waals surface area contributed by atoms with Gasteiger partial charge in [-0.3, -0.25) is 9.69 Å². The molecule has 9 nitrogen and oxygen atoms in total. The molecule has 2 amide bonds. The molecule has 0 spiro atoms. The summed E-state index contributed by atoms with van der Waals surface area (Å²) in [6.07, 6.45) is 3.61. The molecule has 1 aliphatic rings. The molecular weight excluding hydrogens is 374 g/mol. The van der Waals surface area contributed by atoms with Gasteiger partial charge in [0.2, 0.25) is 0 Å². The van der Waals surface area contributed by atoms with Crippen molar-refractivity contribution in [1.29, 1.82) is 0 Å². The standard InChI is InChI=1S/C20H31N5O4/c1-13-11-16(25(5)19(27)29-20(2,3)4)24-17(23-13)15(12-21)18(26)22-9-8-14-7-6-10-28-14/h11-12,14H,6-10,21H2,1-5H3,(H,22,26). The van der Waals surface area contributed by atoms with Crippen LogP contribution in [0, 0.1) is 6.92 Å². The molecule has 29 heavy (non-hydrogen) atoms. The highest BCUT2D eigenvalue weighted by atomic mass is 16.6. The minimum absolute atomic E-state index is 0.139. The molecule has 1 aromatic heterocycles. The lowest BCUT2D eigenvalue weighted by molar-refractivity contribution is -0.115. The molecule has 1 aliphatic heterocycles. The summed E-state index contributed by atoms with van der Waals surface area (Å²) in [4.78, 5) is 34.8. The molecule has 0 aliphatic carbocycles. The molecular formula is C20H31N5O4. The molecule has 0 radical (unpaired) electrons. The lowest BCUT2D eigenvalue weighted by Crippen LogP contribution is -2.35. The van der Waals surface area contributed by atoms with Gasteiger partial charge in [-0.25, -0.2) is 14.8 Å². The first kappa shape index (κ1) is 22.6.